The zero-order chi connectivity index (χ0) is 22.4. The molecule has 5 fully saturated rings. The zero-order valence-electron chi connectivity index (χ0n) is 20.2. The van der Waals surface area contributed by atoms with Gasteiger partial charge in [0.2, 0.25) is 0 Å². The van der Waals surface area contributed by atoms with Crippen LogP contribution in [0.15, 0.2) is 0 Å². The van der Waals surface area contributed by atoms with Gasteiger partial charge in [0, 0.05) is 12.0 Å². The lowest BCUT2D eigenvalue weighted by molar-refractivity contribution is -0.194. The van der Waals surface area contributed by atoms with E-state index in [-0.39, 0.29) is 36.0 Å². The molecule has 5 nitrogen and oxygen atoms in total. The molecule has 5 rings (SSSR count). The fourth-order valence-electron chi connectivity index (χ4n) is 6.94. The van der Waals surface area contributed by atoms with Crippen LogP contribution in [0.1, 0.15) is 92.4 Å². The molecule has 5 heteroatoms. The Morgan fingerprint density at radius 1 is 0.968 bits per heavy atom. The van der Waals surface area contributed by atoms with Crippen LogP contribution in [0.25, 0.3) is 0 Å². The van der Waals surface area contributed by atoms with Crippen LogP contribution in [0.2, 0.25) is 0 Å². The average Bonchev–Trinajstić information content (AvgIpc) is 3.43. The highest BCUT2D eigenvalue weighted by atomic mass is 16.6. The Labute approximate surface area is 188 Å². The molecule has 0 aromatic carbocycles. The number of carbonyl (C=O) groups is 2. The van der Waals surface area contributed by atoms with E-state index in [0.29, 0.717) is 5.92 Å². The molecule has 0 aromatic rings. The maximum Gasteiger partial charge on any atom is 0.309 e. The summed E-state index contributed by atoms with van der Waals surface area (Å²) in [4.78, 5) is 25.0. The molecule has 0 aliphatic heterocycles. The first-order valence-corrected chi connectivity index (χ1v) is 12.6. The summed E-state index contributed by atoms with van der Waals surface area (Å²) in [6.07, 6.45) is 10.1. The lowest BCUT2D eigenvalue weighted by atomic mass is 9.47. The van der Waals surface area contributed by atoms with Crippen molar-refractivity contribution in [2.45, 2.75) is 110 Å². The van der Waals surface area contributed by atoms with E-state index in [4.69, 9.17) is 14.2 Å². The summed E-state index contributed by atoms with van der Waals surface area (Å²) in [5, 5.41) is 0. The third-order valence-corrected chi connectivity index (χ3v) is 7.92. The van der Waals surface area contributed by atoms with E-state index < -0.39 is 11.5 Å². The van der Waals surface area contributed by atoms with Crippen LogP contribution in [0, 0.1) is 35.0 Å². The summed E-state index contributed by atoms with van der Waals surface area (Å²) in [6, 6.07) is 0. The molecular formula is C26H42O5. The molecule has 0 spiro atoms. The molecular weight excluding hydrogens is 392 g/mol. The number of rotatable bonds is 9. The van der Waals surface area contributed by atoms with Gasteiger partial charge in [-0.25, -0.2) is 0 Å². The molecule has 4 bridgehead atoms. The lowest BCUT2D eigenvalue weighted by Crippen LogP contribution is -2.56. The maximum absolute atomic E-state index is 12.9. The van der Waals surface area contributed by atoms with Gasteiger partial charge in [0.1, 0.15) is 11.7 Å². The minimum absolute atomic E-state index is 0.0285. The lowest BCUT2D eigenvalue weighted by Gasteiger charge is -2.59. The van der Waals surface area contributed by atoms with E-state index >= 15 is 0 Å². The van der Waals surface area contributed by atoms with Crippen molar-refractivity contribution in [3.8, 4) is 0 Å². The van der Waals surface area contributed by atoms with Crippen molar-refractivity contribution in [1.29, 1.82) is 0 Å². The second-order valence-electron chi connectivity index (χ2n) is 12.3. The Morgan fingerprint density at radius 2 is 1.52 bits per heavy atom. The minimum atomic E-state index is -0.547. The topological polar surface area (TPSA) is 61.8 Å². The molecule has 0 aromatic heterocycles. The molecule has 0 unspecified atom stereocenters. The smallest absolute Gasteiger partial charge is 0.309 e. The number of hydrogen-bond acceptors (Lipinski definition) is 5. The first-order chi connectivity index (χ1) is 14.5. The van der Waals surface area contributed by atoms with Gasteiger partial charge in [-0.15, -0.1) is 0 Å². The van der Waals surface area contributed by atoms with Crippen LogP contribution in [0.3, 0.4) is 0 Å². The van der Waals surface area contributed by atoms with Crippen LogP contribution < -0.4 is 0 Å². The molecule has 0 heterocycles. The zero-order valence-corrected chi connectivity index (χ0v) is 20.2. The van der Waals surface area contributed by atoms with Crippen LogP contribution in [-0.2, 0) is 23.8 Å². The van der Waals surface area contributed by atoms with Crippen LogP contribution >= 0.6 is 0 Å². The van der Waals surface area contributed by atoms with Gasteiger partial charge in [0.25, 0.3) is 0 Å². The van der Waals surface area contributed by atoms with E-state index in [1.807, 2.05) is 27.7 Å². The summed E-state index contributed by atoms with van der Waals surface area (Å²) in [7, 11) is 0. The molecule has 5 aliphatic rings. The van der Waals surface area contributed by atoms with E-state index in [1.54, 1.807) is 6.92 Å². The molecule has 0 N–H and O–H groups in total. The summed E-state index contributed by atoms with van der Waals surface area (Å²) in [5.74, 6) is 1.98. The van der Waals surface area contributed by atoms with Crippen molar-refractivity contribution in [3.63, 3.8) is 0 Å². The standard InChI is InChI=1S/C26H42O5/c1-16(8-22(27)31-25(3,4)5)24(28)30-17(2)23(29-15-18-6-7-18)26-12-19-9-20(13-26)11-21(10-19)14-26/h16-21,23H,6-15H2,1-5H3/t16-,17+,19?,20?,21?,23-,26?/m1/s1. The number of hydrogen-bond donors (Lipinski definition) is 0. The summed E-state index contributed by atoms with van der Waals surface area (Å²) >= 11 is 0. The average molecular weight is 435 g/mol. The molecule has 0 saturated heterocycles. The minimum Gasteiger partial charge on any atom is -0.460 e. The first-order valence-electron chi connectivity index (χ1n) is 12.6. The maximum atomic E-state index is 12.9. The van der Waals surface area contributed by atoms with Crippen LogP contribution in [0.4, 0.5) is 0 Å². The third kappa shape index (κ3) is 5.64. The molecule has 0 amide bonds. The fourth-order valence-corrected chi connectivity index (χ4v) is 6.94. The highest BCUT2D eigenvalue weighted by Crippen LogP contribution is 2.62. The molecule has 176 valence electrons. The Kier molecular flexibility index (Phi) is 6.46. The Morgan fingerprint density at radius 3 is 2.00 bits per heavy atom. The quantitative estimate of drug-likeness (QED) is 0.461. The fraction of sp³-hybridized carbons (Fsp3) is 0.923. The number of carbonyl (C=O) groups excluding carboxylic acids is 2. The summed E-state index contributed by atoms with van der Waals surface area (Å²) in [6.45, 7) is 10.1. The van der Waals surface area contributed by atoms with Crippen molar-refractivity contribution in [1.82, 2.24) is 0 Å². The Bertz CT molecular complexity index is 638. The predicted octanol–water partition coefficient (Wildman–Crippen LogP) is 5.30. The van der Waals surface area contributed by atoms with E-state index in [0.717, 1.165) is 24.4 Å². The molecule has 5 saturated carbocycles. The van der Waals surface area contributed by atoms with Gasteiger partial charge in [-0.05, 0) is 103 Å². The van der Waals surface area contributed by atoms with Crippen molar-refractivity contribution in [2.24, 2.45) is 35.0 Å². The highest BCUT2D eigenvalue weighted by Gasteiger charge is 2.56. The third-order valence-electron chi connectivity index (χ3n) is 7.92. The van der Waals surface area contributed by atoms with E-state index in [1.165, 1.54) is 51.4 Å². The molecule has 31 heavy (non-hydrogen) atoms. The highest BCUT2D eigenvalue weighted by molar-refractivity contribution is 5.79. The van der Waals surface area contributed by atoms with Gasteiger partial charge in [0.05, 0.1) is 18.4 Å². The summed E-state index contributed by atoms with van der Waals surface area (Å²) < 4.78 is 17.9. The van der Waals surface area contributed by atoms with Gasteiger partial charge < -0.3 is 14.2 Å². The van der Waals surface area contributed by atoms with Gasteiger partial charge in [0.15, 0.2) is 0 Å². The second kappa shape index (κ2) is 8.68. The molecule has 3 atom stereocenters. The molecule has 0 radical (unpaired) electrons. The van der Waals surface area contributed by atoms with Crippen LogP contribution in [0.5, 0.6) is 0 Å². The van der Waals surface area contributed by atoms with Crippen molar-refractivity contribution in [3.05, 3.63) is 0 Å². The second-order valence-corrected chi connectivity index (χ2v) is 12.3. The monoisotopic (exact) mass is 434 g/mol. The van der Waals surface area contributed by atoms with Crippen molar-refractivity contribution < 1.29 is 23.8 Å². The Balaban J connectivity index is 1.40. The summed E-state index contributed by atoms with van der Waals surface area (Å²) in [5.41, 5.74) is -0.383. The Hall–Kier alpha value is -1.10. The van der Waals surface area contributed by atoms with Crippen molar-refractivity contribution in [2.75, 3.05) is 6.61 Å². The van der Waals surface area contributed by atoms with Gasteiger partial charge in [-0.1, -0.05) is 6.92 Å². The predicted molar refractivity (Wildman–Crippen MR) is 118 cm³/mol. The van der Waals surface area contributed by atoms with Gasteiger partial charge in [-0.2, -0.15) is 0 Å². The van der Waals surface area contributed by atoms with E-state index in [2.05, 4.69) is 0 Å². The van der Waals surface area contributed by atoms with Gasteiger partial charge in [-0.3, -0.25) is 9.59 Å². The first kappa shape index (κ1) is 23.1. The van der Waals surface area contributed by atoms with Crippen LogP contribution in [-0.4, -0.2) is 36.4 Å². The van der Waals surface area contributed by atoms with Crippen molar-refractivity contribution >= 4 is 11.9 Å². The SMILES string of the molecule is C[C@H](CC(=O)OC(C)(C)C)C(=O)O[C@@H](C)[C@@H](OCC1CC1)C12CC3CC(CC(C3)C1)C2. The van der Waals surface area contributed by atoms with Gasteiger partial charge >= 0.3 is 11.9 Å². The largest absolute Gasteiger partial charge is 0.460 e. The number of ether oxygens (including phenoxy) is 3. The number of esters is 2. The normalized spacial score (nSPS) is 34.8. The van der Waals surface area contributed by atoms with E-state index in [9.17, 15) is 9.59 Å². The molecule has 5 aliphatic carbocycles.